The van der Waals surface area contributed by atoms with Crippen molar-refractivity contribution in [3.05, 3.63) is 80.6 Å². The Balaban J connectivity index is 2.02. The largest absolute Gasteiger partial charge is 0.324 e. The lowest BCUT2D eigenvalue weighted by Gasteiger charge is -2.18. The molecule has 1 N–H and O–H groups in total. The summed E-state index contributed by atoms with van der Waals surface area (Å²) >= 11 is 0. The summed E-state index contributed by atoms with van der Waals surface area (Å²) in [6.07, 6.45) is 0. The maximum absolute atomic E-state index is 12.7. The quantitative estimate of drug-likeness (QED) is 0.575. The van der Waals surface area contributed by atoms with Crippen LogP contribution >= 0.6 is 0 Å². The van der Waals surface area contributed by atoms with Gasteiger partial charge in [-0.25, -0.2) is 0 Å². The van der Waals surface area contributed by atoms with Gasteiger partial charge in [0.1, 0.15) is 6.04 Å². The van der Waals surface area contributed by atoms with Crippen molar-refractivity contribution in [1.29, 1.82) is 0 Å². The minimum absolute atomic E-state index is 0.0697. The lowest BCUT2D eigenvalue weighted by molar-refractivity contribution is -0.384. The van der Waals surface area contributed by atoms with E-state index in [0.29, 0.717) is 16.6 Å². The van der Waals surface area contributed by atoms with Gasteiger partial charge in [-0.15, -0.1) is 0 Å². The van der Waals surface area contributed by atoms with Crippen molar-refractivity contribution >= 4 is 28.2 Å². The number of pyridine rings is 1. The minimum Gasteiger partial charge on any atom is -0.324 e. The Labute approximate surface area is 149 Å². The molecule has 0 spiro atoms. The van der Waals surface area contributed by atoms with Gasteiger partial charge in [-0.05, 0) is 37.6 Å². The molecule has 0 bridgehead atoms. The second-order valence-corrected chi connectivity index (χ2v) is 6.02. The Morgan fingerprint density at radius 3 is 2.58 bits per heavy atom. The molecular formula is C19H17N3O4. The van der Waals surface area contributed by atoms with Gasteiger partial charge < -0.3 is 5.32 Å². The van der Waals surface area contributed by atoms with Crippen molar-refractivity contribution in [3.8, 4) is 0 Å². The van der Waals surface area contributed by atoms with Crippen LogP contribution in [-0.4, -0.2) is 15.4 Å². The summed E-state index contributed by atoms with van der Waals surface area (Å²) in [5.41, 5.74) is 1.64. The number of nitro groups is 1. The first-order valence-electron chi connectivity index (χ1n) is 8.04. The lowest BCUT2D eigenvalue weighted by Crippen LogP contribution is -2.31. The van der Waals surface area contributed by atoms with E-state index >= 15 is 0 Å². The highest BCUT2D eigenvalue weighted by Crippen LogP contribution is 2.22. The molecule has 0 radical (unpaired) electrons. The Bertz CT molecular complexity index is 1070. The number of carbonyl (C=O) groups excluding carboxylic acids is 1. The topological polar surface area (TPSA) is 94.2 Å². The Hall–Kier alpha value is -3.48. The zero-order valence-corrected chi connectivity index (χ0v) is 14.3. The van der Waals surface area contributed by atoms with Gasteiger partial charge >= 0.3 is 0 Å². The van der Waals surface area contributed by atoms with Crippen molar-refractivity contribution in [3.63, 3.8) is 0 Å². The number of nitro benzene ring substituents is 1. The van der Waals surface area contributed by atoms with Crippen LogP contribution in [0.15, 0.2) is 59.4 Å². The number of anilines is 1. The molecule has 0 aliphatic rings. The number of aryl methyl sites for hydroxylation is 1. The normalized spacial score (nSPS) is 11.9. The predicted octanol–water partition coefficient (Wildman–Crippen LogP) is 3.42. The third-order valence-corrected chi connectivity index (χ3v) is 4.29. The number of aromatic nitrogens is 1. The summed E-state index contributed by atoms with van der Waals surface area (Å²) in [5.74, 6) is -0.341. The standard InChI is InChI=1S/C19H17N3O4/c1-12-5-3-4-6-16(12)20-19(24)13(2)21-17-9-8-15(22(25)26)11-14(17)7-10-18(21)23/h3-11,13H,1-2H3,(H,20,24). The van der Waals surface area contributed by atoms with E-state index in [4.69, 9.17) is 0 Å². The summed E-state index contributed by atoms with van der Waals surface area (Å²) in [4.78, 5) is 35.5. The van der Waals surface area contributed by atoms with E-state index in [1.807, 2.05) is 25.1 Å². The first-order chi connectivity index (χ1) is 12.4. The second-order valence-electron chi connectivity index (χ2n) is 6.02. The van der Waals surface area contributed by atoms with Gasteiger partial charge in [0.2, 0.25) is 5.91 Å². The molecule has 7 heteroatoms. The van der Waals surface area contributed by atoms with Crippen molar-refractivity contribution in [2.75, 3.05) is 5.32 Å². The summed E-state index contributed by atoms with van der Waals surface area (Å²) < 4.78 is 1.34. The van der Waals surface area contributed by atoms with Crippen LogP contribution in [0.3, 0.4) is 0 Å². The molecule has 3 rings (SSSR count). The monoisotopic (exact) mass is 351 g/mol. The molecule has 1 heterocycles. The summed E-state index contributed by atoms with van der Waals surface area (Å²) in [5, 5.41) is 14.3. The Morgan fingerprint density at radius 2 is 1.88 bits per heavy atom. The molecule has 0 saturated heterocycles. The average molecular weight is 351 g/mol. The summed E-state index contributed by atoms with van der Waals surface area (Å²) in [7, 11) is 0. The molecule has 0 fully saturated rings. The number of non-ortho nitro benzene ring substituents is 1. The van der Waals surface area contributed by atoms with E-state index in [1.54, 1.807) is 13.0 Å². The predicted molar refractivity (Wildman–Crippen MR) is 99.4 cm³/mol. The number of fused-ring (bicyclic) bond motifs is 1. The maximum Gasteiger partial charge on any atom is 0.270 e. The third kappa shape index (κ3) is 3.19. The number of amides is 1. The SMILES string of the molecule is Cc1ccccc1NC(=O)C(C)n1c(=O)ccc2cc([N+](=O)[O-])ccc21. The van der Waals surface area contributed by atoms with Crippen LogP contribution in [0, 0.1) is 17.0 Å². The molecule has 26 heavy (non-hydrogen) atoms. The molecule has 1 unspecified atom stereocenters. The fourth-order valence-electron chi connectivity index (χ4n) is 2.84. The number of carbonyl (C=O) groups is 1. The molecular weight excluding hydrogens is 334 g/mol. The highest BCUT2D eigenvalue weighted by molar-refractivity contribution is 5.95. The van der Waals surface area contributed by atoms with Gasteiger partial charge in [0.15, 0.2) is 0 Å². The van der Waals surface area contributed by atoms with E-state index < -0.39 is 11.0 Å². The zero-order valence-electron chi connectivity index (χ0n) is 14.3. The molecule has 2 aromatic carbocycles. The number of rotatable bonds is 4. The lowest BCUT2D eigenvalue weighted by atomic mass is 10.1. The van der Waals surface area contributed by atoms with Crippen LogP contribution in [0.25, 0.3) is 10.9 Å². The smallest absolute Gasteiger partial charge is 0.270 e. The molecule has 132 valence electrons. The highest BCUT2D eigenvalue weighted by atomic mass is 16.6. The molecule has 1 amide bonds. The molecule has 0 aliphatic heterocycles. The van der Waals surface area contributed by atoms with Crippen LogP contribution in [0.5, 0.6) is 0 Å². The minimum atomic E-state index is -0.785. The molecule has 0 aliphatic carbocycles. The van der Waals surface area contributed by atoms with Crippen LogP contribution in [0.1, 0.15) is 18.5 Å². The molecule has 3 aromatic rings. The van der Waals surface area contributed by atoms with E-state index in [2.05, 4.69) is 5.32 Å². The fourth-order valence-corrected chi connectivity index (χ4v) is 2.84. The number of nitrogens with one attached hydrogen (secondary N) is 1. The number of benzene rings is 2. The van der Waals surface area contributed by atoms with E-state index in [9.17, 15) is 19.7 Å². The second kappa shape index (κ2) is 6.79. The first-order valence-corrected chi connectivity index (χ1v) is 8.04. The zero-order chi connectivity index (χ0) is 18.8. The van der Waals surface area contributed by atoms with Crippen molar-refractivity contribution in [2.45, 2.75) is 19.9 Å². The molecule has 7 nitrogen and oxygen atoms in total. The molecule has 1 aromatic heterocycles. The molecule has 1 atom stereocenters. The maximum atomic E-state index is 12.7. The van der Waals surface area contributed by atoms with E-state index in [0.717, 1.165) is 5.56 Å². The first kappa shape index (κ1) is 17.3. The Kier molecular flexibility index (Phi) is 4.53. The highest BCUT2D eigenvalue weighted by Gasteiger charge is 2.20. The molecule has 0 saturated carbocycles. The number of para-hydroxylation sites is 1. The van der Waals surface area contributed by atoms with Crippen molar-refractivity contribution in [2.24, 2.45) is 0 Å². The average Bonchev–Trinajstić information content (AvgIpc) is 2.62. The summed E-state index contributed by atoms with van der Waals surface area (Å²) in [6.45, 7) is 3.50. The number of hydrogen-bond acceptors (Lipinski definition) is 4. The van der Waals surface area contributed by atoms with Gasteiger partial charge in [-0.3, -0.25) is 24.3 Å². The van der Waals surface area contributed by atoms with Crippen LogP contribution in [-0.2, 0) is 4.79 Å². The van der Waals surface area contributed by atoms with Crippen LogP contribution in [0.4, 0.5) is 11.4 Å². The fraction of sp³-hybridized carbons (Fsp3) is 0.158. The van der Waals surface area contributed by atoms with Crippen LogP contribution < -0.4 is 10.9 Å². The van der Waals surface area contributed by atoms with Crippen molar-refractivity contribution in [1.82, 2.24) is 4.57 Å². The van der Waals surface area contributed by atoms with Gasteiger partial charge in [0.25, 0.3) is 11.2 Å². The third-order valence-electron chi connectivity index (χ3n) is 4.29. The van der Waals surface area contributed by atoms with Crippen LogP contribution in [0.2, 0.25) is 0 Å². The van der Waals surface area contributed by atoms with Gasteiger partial charge in [0.05, 0.1) is 10.4 Å². The number of nitrogens with zero attached hydrogens (tertiary/aromatic N) is 2. The van der Waals surface area contributed by atoms with Gasteiger partial charge in [0, 0.05) is 29.3 Å². The summed E-state index contributed by atoms with van der Waals surface area (Å²) in [6, 6.07) is 13.6. The Morgan fingerprint density at radius 1 is 1.15 bits per heavy atom. The van der Waals surface area contributed by atoms with Gasteiger partial charge in [-0.1, -0.05) is 18.2 Å². The van der Waals surface area contributed by atoms with E-state index in [1.165, 1.54) is 34.9 Å². The van der Waals surface area contributed by atoms with Gasteiger partial charge in [-0.2, -0.15) is 0 Å². The van der Waals surface area contributed by atoms with Crippen molar-refractivity contribution < 1.29 is 9.72 Å². The van der Waals surface area contributed by atoms with E-state index in [-0.39, 0.29) is 17.2 Å². The number of hydrogen-bond donors (Lipinski definition) is 1.